The number of hydrogen-bond donors (Lipinski definition) is 2. The molecule has 12 nitrogen and oxygen atoms in total. The lowest BCUT2D eigenvalue weighted by Gasteiger charge is -2.23. The van der Waals surface area contributed by atoms with Gasteiger partial charge in [-0.1, -0.05) is 28.6 Å². The summed E-state index contributed by atoms with van der Waals surface area (Å²) < 4.78 is 95.9. The second kappa shape index (κ2) is 13.5. The van der Waals surface area contributed by atoms with Gasteiger partial charge in [-0.15, -0.1) is 23.4 Å². The van der Waals surface area contributed by atoms with Gasteiger partial charge in [0.25, 0.3) is 11.8 Å². The summed E-state index contributed by atoms with van der Waals surface area (Å²) in [6.45, 7) is -0.939. The first-order chi connectivity index (χ1) is 20.8. The van der Waals surface area contributed by atoms with Crippen LogP contribution in [0.2, 0.25) is 0 Å². The molecule has 234 valence electrons. The molecule has 0 spiro atoms. The monoisotopic (exact) mass is 629 g/mol. The maximum absolute atomic E-state index is 15.0. The van der Waals surface area contributed by atoms with Crippen LogP contribution in [-0.2, 0) is 25.8 Å². The summed E-state index contributed by atoms with van der Waals surface area (Å²) in [4.78, 5) is 29.7. The van der Waals surface area contributed by atoms with Gasteiger partial charge in [-0.2, -0.15) is 13.2 Å². The van der Waals surface area contributed by atoms with Gasteiger partial charge in [0.05, 0.1) is 18.9 Å². The van der Waals surface area contributed by atoms with Crippen LogP contribution in [0.3, 0.4) is 0 Å². The molecule has 1 aromatic carbocycles. The lowest BCUT2D eigenvalue weighted by molar-refractivity contribution is -0.274. The van der Waals surface area contributed by atoms with E-state index in [1.165, 1.54) is 29.2 Å². The van der Waals surface area contributed by atoms with Crippen molar-refractivity contribution in [1.82, 2.24) is 45.6 Å². The highest BCUT2D eigenvalue weighted by molar-refractivity contribution is 5.92. The fourth-order valence-electron chi connectivity index (χ4n) is 3.83. The van der Waals surface area contributed by atoms with Gasteiger partial charge in [-0.05, 0) is 35.7 Å². The third kappa shape index (κ3) is 9.20. The maximum Gasteiger partial charge on any atom is 0.573 e. The smallest absolute Gasteiger partial charge is 0.406 e. The van der Waals surface area contributed by atoms with Crippen LogP contribution in [0.4, 0.5) is 30.7 Å². The lowest BCUT2D eigenvalue weighted by atomic mass is 10.2. The molecule has 0 aliphatic heterocycles. The number of carbonyl (C=O) groups excluding carboxylic acids is 2. The minimum atomic E-state index is -4.87. The molecular weight excluding hydrogens is 607 g/mol. The van der Waals surface area contributed by atoms with Crippen LogP contribution in [0.25, 0.3) is 0 Å². The molecule has 0 bridgehead atoms. The molecule has 1 unspecified atom stereocenters. The van der Waals surface area contributed by atoms with Gasteiger partial charge in [-0.25, -0.2) is 4.39 Å². The van der Waals surface area contributed by atoms with Crippen LogP contribution in [0, 0.1) is 0 Å². The van der Waals surface area contributed by atoms with Gasteiger partial charge in [-0.3, -0.25) is 24.4 Å². The number of carbonyl (C=O) groups is 2. The van der Waals surface area contributed by atoms with Crippen molar-refractivity contribution in [3.05, 3.63) is 83.2 Å². The minimum Gasteiger partial charge on any atom is -0.406 e. The molecule has 0 aliphatic rings. The first-order valence-electron chi connectivity index (χ1n) is 12.6. The predicted molar refractivity (Wildman–Crippen MR) is 134 cm³/mol. The molecule has 19 heteroatoms. The number of nitrogens with one attached hydrogen (secondary N) is 2. The number of aryl methyl sites for hydroxylation is 1. The molecular formula is C25H22F7N9O3. The number of rotatable bonds is 12. The number of benzene rings is 1. The summed E-state index contributed by atoms with van der Waals surface area (Å²) in [5.74, 6) is -1.87. The van der Waals surface area contributed by atoms with Crippen molar-refractivity contribution in [3.8, 4) is 5.75 Å². The van der Waals surface area contributed by atoms with E-state index < -0.39 is 48.5 Å². The topological polar surface area (TPSA) is 144 Å². The van der Waals surface area contributed by atoms with Crippen molar-refractivity contribution in [3.63, 3.8) is 0 Å². The quantitative estimate of drug-likeness (QED) is 0.226. The second-order valence-electron chi connectivity index (χ2n) is 9.22. The Morgan fingerprint density at radius 1 is 1.05 bits per heavy atom. The van der Waals surface area contributed by atoms with E-state index in [2.05, 4.69) is 40.8 Å². The molecule has 0 aliphatic carbocycles. The molecule has 0 saturated heterocycles. The van der Waals surface area contributed by atoms with Crippen molar-refractivity contribution in [1.29, 1.82) is 0 Å². The average molecular weight is 629 g/mol. The largest absolute Gasteiger partial charge is 0.573 e. The van der Waals surface area contributed by atoms with Crippen LogP contribution in [0.1, 0.15) is 44.2 Å². The van der Waals surface area contributed by atoms with Gasteiger partial charge in [0.15, 0.2) is 11.4 Å². The standard InChI is InChI=1S/C25H22F7N9O3/c26-17(13-40(23(43)19-11-35-38-36-19)12-16-4-5-21(33-10-16)24(27,28)29)6-7-41-14-20(37-39-41)22(42)34-9-15-2-1-3-18(8-15)44-25(30,31)32/h1-5,8,10-11,14,17H,6-7,9,12-13H2,(H,34,42)(H,35,36,38). The Bertz CT molecular complexity index is 1540. The van der Waals surface area contributed by atoms with Gasteiger partial charge in [0.2, 0.25) is 0 Å². The summed E-state index contributed by atoms with van der Waals surface area (Å²) in [5, 5.41) is 19.3. The zero-order valence-corrected chi connectivity index (χ0v) is 22.3. The SMILES string of the molecule is O=C(NCc1cccc(OC(F)(F)F)c1)c1cn(CCC(F)CN(Cc2ccc(C(F)(F)F)nc2)C(=O)c2c[nH]nn2)nn1. The molecule has 3 aromatic heterocycles. The zero-order chi connectivity index (χ0) is 31.9. The van der Waals surface area contributed by atoms with E-state index in [0.29, 0.717) is 5.56 Å². The first-order valence-corrected chi connectivity index (χ1v) is 12.6. The molecule has 44 heavy (non-hydrogen) atoms. The number of alkyl halides is 7. The molecule has 0 fully saturated rings. The zero-order valence-electron chi connectivity index (χ0n) is 22.3. The predicted octanol–water partition coefficient (Wildman–Crippen LogP) is 3.71. The summed E-state index contributed by atoms with van der Waals surface area (Å²) in [7, 11) is 0. The molecule has 3 heterocycles. The van der Waals surface area contributed by atoms with Gasteiger partial charge in [0, 0.05) is 25.8 Å². The molecule has 4 aromatic rings. The highest BCUT2D eigenvalue weighted by Crippen LogP contribution is 2.27. The Hall–Kier alpha value is -5.10. The number of H-pyrrole nitrogens is 1. The molecule has 1 atom stereocenters. The van der Waals surface area contributed by atoms with Crippen LogP contribution in [-0.4, -0.2) is 71.2 Å². The normalized spacial score (nSPS) is 12.5. The Morgan fingerprint density at radius 2 is 1.84 bits per heavy atom. The van der Waals surface area contributed by atoms with E-state index in [4.69, 9.17) is 0 Å². The molecule has 0 saturated carbocycles. The van der Waals surface area contributed by atoms with Crippen molar-refractivity contribution >= 4 is 11.8 Å². The van der Waals surface area contributed by atoms with Gasteiger partial charge >= 0.3 is 12.5 Å². The van der Waals surface area contributed by atoms with E-state index in [0.717, 1.165) is 35.4 Å². The van der Waals surface area contributed by atoms with Crippen LogP contribution < -0.4 is 10.1 Å². The van der Waals surface area contributed by atoms with Crippen molar-refractivity contribution < 1.29 is 45.1 Å². The number of aromatic amines is 1. The molecule has 4 rings (SSSR count). The molecule has 0 radical (unpaired) electrons. The van der Waals surface area contributed by atoms with Crippen LogP contribution in [0.15, 0.2) is 55.0 Å². The minimum absolute atomic E-state index is 0.0634. The van der Waals surface area contributed by atoms with E-state index in [9.17, 15) is 35.9 Å². The first kappa shape index (κ1) is 31.8. The highest BCUT2D eigenvalue weighted by atomic mass is 19.4. The van der Waals surface area contributed by atoms with Crippen LogP contribution in [0.5, 0.6) is 5.75 Å². The van der Waals surface area contributed by atoms with Crippen molar-refractivity contribution in [2.24, 2.45) is 0 Å². The number of pyridine rings is 1. The Morgan fingerprint density at radius 3 is 2.50 bits per heavy atom. The average Bonchev–Trinajstić information content (AvgIpc) is 3.66. The molecule has 2 N–H and O–H groups in total. The maximum atomic E-state index is 15.0. The fourth-order valence-corrected chi connectivity index (χ4v) is 3.83. The highest BCUT2D eigenvalue weighted by Gasteiger charge is 2.32. The molecule has 2 amide bonds. The van der Waals surface area contributed by atoms with E-state index >= 15 is 4.39 Å². The van der Waals surface area contributed by atoms with Gasteiger partial charge < -0.3 is 15.0 Å². The Balaban J connectivity index is 1.32. The number of halogens is 7. The number of ether oxygens (including phenoxy) is 1. The summed E-state index contributed by atoms with van der Waals surface area (Å²) in [6.07, 6.45) is -7.99. The number of aromatic nitrogens is 7. The van der Waals surface area contributed by atoms with Gasteiger partial charge in [0.1, 0.15) is 17.6 Å². The van der Waals surface area contributed by atoms with E-state index in [1.807, 2.05) is 0 Å². The Labute approximate surface area is 243 Å². The number of nitrogens with zero attached hydrogens (tertiary/aromatic N) is 7. The fraction of sp³-hybridized carbons (Fsp3) is 0.320. The van der Waals surface area contributed by atoms with Crippen molar-refractivity contribution in [2.45, 2.75) is 44.8 Å². The third-order valence-electron chi connectivity index (χ3n) is 5.86. The summed E-state index contributed by atoms with van der Waals surface area (Å²) in [6, 6.07) is 6.90. The summed E-state index contributed by atoms with van der Waals surface area (Å²) >= 11 is 0. The second-order valence-corrected chi connectivity index (χ2v) is 9.22. The Kier molecular flexibility index (Phi) is 9.74. The van der Waals surface area contributed by atoms with E-state index in [-0.39, 0.29) is 43.0 Å². The number of amides is 2. The lowest BCUT2D eigenvalue weighted by Crippen LogP contribution is -2.36. The summed E-state index contributed by atoms with van der Waals surface area (Å²) in [5.41, 5.74) is -0.855. The number of hydrogen-bond acceptors (Lipinski definition) is 8. The van der Waals surface area contributed by atoms with Crippen LogP contribution >= 0.6 is 0 Å². The van der Waals surface area contributed by atoms with Crippen molar-refractivity contribution in [2.75, 3.05) is 6.54 Å². The van der Waals surface area contributed by atoms with E-state index in [1.54, 1.807) is 0 Å². The third-order valence-corrected chi connectivity index (χ3v) is 5.86.